The van der Waals surface area contributed by atoms with E-state index < -0.39 is 41.7 Å². The molecule has 0 saturated carbocycles. The highest BCUT2D eigenvalue weighted by molar-refractivity contribution is 6.14. The summed E-state index contributed by atoms with van der Waals surface area (Å²) in [7, 11) is 0. The van der Waals surface area contributed by atoms with Gasteiger partial charge in [-0.3, -0.25) is 4.79 Å². The molecular formula is C22H28O9. The van der Waals surface area contributed by atoms with Crippen LogP contribution in [0.5, 0.6) is 0 Å². The van der Waals surface area contributed by atoms with Gasteiger partial charge in [0.25, 0.3) is 0 Å². The molecule has 0 radical (unpaired) electrons. The van der Waals surface area contributed by atoms with Crippen molar-refractivity contribution in [3.05, 3.63) is 22.3 Å². The Morgan fingerprint density at radius 2 is 1.65 bits per heavy atom. The van der Waals surface area contributed by atoms with Gasteiger partial charge in [-0.1, -0.05) is 39.5 Å². The predicted octanol–water partition coefficient (Wildman–Crippen LogP) is 2.36. The summed E-state index contributed by atoms with van der Waals surface area (Å²) in [5, 5.41) is 19.1. The van der Waals surface area contributed by atoms with Gasteiger partial charge in [0.1, 0.15) is 11.4 Å². The number of aliphatic hydroxyl groups is 1. The second-order valence-corrected chi connectivity index (χ2v) is 7.74. The highest BCUT2D eigenvalue weighted by atomic mass is 16.6. The smallest absolute Gasteiger partial charge is 0.342 e. The summed E-state index contributed by atoms with van der Waals surface area (Å²) in [5.74, 6) is -5.17. The molecule has 0 spiro atoms. The number of aliphatic carboxylic acids is 1. The fraction of sp³-hybridized carbons (Fsp3) is 0.591. The molecule has 0 aromatic heterocycles. The number of ether oxygens (including phenoxy) is 2. The number of esters is 3. The molecule has 2 atom stereocenters. The lowest BCUT2D eigenvalue weighted by atomic mass is 9.83. The first kappa shape index (κ1) is 24.5. The predicted molar refractivity (Wildman–Crippen MR) is 106 cm³/mol. The normalized spacial score (nSPS) is 19.7. The molecule has 2 aliphatic rings. The van der Waals surface area contributed by atoms with Crippen molar-refractivity contribution >= 4 is 29.7 Å². The van der Waals surface area contributed by atoms with Crippen LogP contribution < -0.4 is 0 Å². The quantitative estimate of drug-likeness (QED) is 0.252. The van der Waals surface area contributed by atoms with Crippen molar-refractivity contribution in [1.29, 1.82) is 0 Å². The molecule has 2 rings (SSSR count). The maximum Gasteiger partial charge on any atom is 0.342 e. The molecule has 31 heavy (non-hydrogen) atoms. The lowest BCUT2D eigenvalue weighted by molar-refractivity contribution is -0.155. The fourth-order valence-corrected chi connectivity index (χ4v) is 3.83. The van der Waals surface area contributed by atoms with E-state index in [0.717, 1.165) is 19.3 Å². The van der Waals surface area contributed by atoms with E-state index in [1.165, 1.54) is 0 Å². The summed E-state index contributed by atoms with van der Waals surface area (Å²) < 4.78 is 9.39. The lowest BCUT2D eigenvalue weighted by Crippen LogP contribution is -2.17. The molecule has 0 aliphatic carbocycles. The number of hydrogen-bond acceptors (Lipinski definition) is 8. The standard InChI is InChI=1S/C22H28O9/c1-3-5-7-8-12(10-14-17(18(24)25)22(29)31-19(14)26)16-15(20(27)30-21(16)28)11-13(23)9-6-4-2/h12,22,29H,3-11H2,1-2H3,(H,24,25)/t12-,22?/m1/s1. The first-order valence-electron chi connectivity index (χ1n) is 10.6. The lowest BCUT2D eigenvalue weighted by Gasteiger charge is -2.17. The summed E-state index contributed by atoms with van der Waals surface area (Å²) in [4.78, 5) is 60.7. The van der Waals surface area contributed by atoms with Gasteiger partial charge in [-0.25, -0.2) is 19.2 Å². The van der Waals surface area contributed by atoms with Gasteiger partial charge < -0.3 is 19.7 Å². The van der Waals surface area contributed by atoms with E-state index in [1.807, 2.05) is 13.8 Å². The van der Waals surface area contributed by atoms with Gasteiger partial charge in [0.2, 0.25) is 6.29 Å². The Hall–Kier alpha value is -2.81. The number of carboxylic acid groups (broad SMARTS) is 1. The maximum absolute atomic E-state index is 12.5. The molecule has 0 saturated heterocycles. The van der Waals surface area contributed by atoms with Crippen molar-refractivity contribution in [2.24, 2.45) is 5.92 Å². The number of hydrogen-bond donors (Lipinski definition) is 2. The van der Waals surface area contributed by atoms with E-state index in [9.17, 15) is 34.2 Å². The minimum absolute atomic E-state index is 0.0115. The molecule has 9 heteroatoms. The number of Topliss-reactive ketones (excluding diaryl/α,β-unsaturated/α-hetero) is 1. The monoisotopic (exact) mass is 436 g/mol. The maximum atomic E-state index is 12.5. The summed E-state index contributed by atoms with van der Waals surface area (Å²) in [6.07, 6.45) is 2.08. The zero-order valence-corrected chi connectivity index (χ0v) is 17.8. The van der Waals surface area contributed by atoms with Crippen LogP contribution >= 0.6 is 0 Å². The third-order valence-corrected chi connectivity index (χ3v) is 5.44. The van der Waals surface area contributed by atoms with Crippen molar-refractivity contribution < 1.29 is 43.7 Å². The van der Waals surface area contributed by atoms with E-state index in [1.54, 1.807) is 0 Å². The van der Waals surface area contributed by atoms with Crippen LogP contribution in [0.1, 0.15) is 71.6 Å². The van der Waals surface area contributed by atoms with Gasteiger partial charge in [0, 0.05) is 12.8 Å². The third-order valence-electron chi connectivity index (χ3n) is 5.44. The molecule has 0 amide bonds. The van der Waals surface area contributed by atoms with Crippen LogP contribution in [0, 0.1) is 5.92 Å². The number of carboxylic acids is 1. The fourth-order valence-electron chi connectivity index (χ4n) is 3.83. The number of cyclic esters (lactones) is 3. The van der Waals surface area contributed by atoms with Crippen molar-refractivity contribution in [2.45, 2.75) is 77.9 Å². The van der Waals surface area contributed by atoms with Gasteiger partial charge in [-0.2, -0.15) is 0 Å². The molecule has 2 heterocycles. The van der Waals surface area contributed by atoms with Crippen molar-refractivity contribution in [1.82, 2.24) is 0 Å². The van der Waals surface area contributed by atoms with Crippen molar-refractivity contribution in [2.75, 3.05) is 0 Å². The van der Waals surface area contributed by atoms with Crippen molar-refractivity contribution in [3.8, 4) is 0 Å². The number of aliphatic hydroxyl groups excluding tert-OH is 1. The van der Waals surface area contributed by atoms with Crippen LogP contribution in [0.3, 0.4) is 0 Å². The minimum atomic E-state index is -1.89. The van der Waals surface area contributed by atoms with E-state index in [-0.39, 0.29) is 41.8 Å². The minimum Gasteiger partial charge on any atom is -0.478 e. The van der Waals surface area contributed by atoms with Crippen LogP contribution in [-0.4, -0.2) is 46.2 Å². The second kappa shape index (κ2) is 11.0. The second-order valence-electron chi connectivity index (χ2n) is 7.74. The molecule has 1 unspecified atom stereocenters. The zero-order chi connectivity index (χ0) is 23.1. The Kier molecular flexibility index (Phi) is 8.67. The Bertz CT molecular complexity index is 834. The number of unbranched alkanes of at least 4 members (excludes halogenated alkanes) is 3. The zero-order valence-electron chi connectivity index (χ0n) is 17.8. The average molecular weight is 436 g/mol. The Balaban J connectivity index is 2.43. The molecule has 0 fully saturated rings. The molecule has 0 aromatic rings. The molecule has 0 aromatic carbocycles. The first-order valence-corrected chi connectivity index (χ1v) is 10.6. The van der Waals surface area contributed by atoms with E-state index >= 15 is 0 Å². The summed E-state index contributed by atoms with van der Waals surface area (Å²) in [6, 6.07) is 0. The molecule has 2 aliphatic heterocycles. The molecule has 2 N–H and O–H groups in total. The van der Waals surface area contributed by atoms with Crippen LogP contribution in [-0.2, 0) is 33.4 Å². The number of carbonyl (C=O) groups excluding carboxylic acids is 4. The molecule has 0 bridgehead atoms. The number of carbonyl (C=O) groups is 5. The topological polar surface area (TPSA) is 144 Å². The van der Waals surface area contributed by atoms with Crippen LogP contribution in [0.4, 0.5) is 0 Å². The van der Waals surface area contributed by atoms with Gasteiger partial charge in [-0.15, -0.1) is 0 Å². The Morgan fingerprint density at radius 1 is 0.968 bits per heavy atom. The van der Waals surface area contributed by atoms with Crippen LogP contribution in [0.25, 0.3) is 0 Å². The van der Waals surface area contributed by atoms with Crippen LogP contribution in [0.2, 0.25) is 0 Å². The summed E-state index contributed by atoms with van der Waals surface area (Å²) in [6.45, 7) is 3.91. The summed E-state index contributed by atoms with van der Waals surface area (Å²) in [5.41, 5.74) is -0.850. The van der Waals surface area contributed by atoms with Crippen LogP contribution in [0.15, 0.2) is 22.3 Å². The average Bonchev–Trinajstić information content (AvgIpc) is 3.13. The molecule has 170 valence electrons. The molecular weight excluding hydrogens is 408 g/mol. The van der Waals surface area contributed by atoms with E-state index in [4.69, 9.17) is 4.74 Å². The van der Waals surface area contributed by atoms with E-state index in [2.05, 4.69) is 4.74 Å². The van der Waals surface area contributed by atoms with Crippen molar-refractivity contribution in [3.63, 3.8) is 0 Å². The van der Waals surface area contributed by atoms with E-state index in [0.29, 0.717) is 19.3 Å². The van der Waals surface area contributed by atoms with Gasteiger partial charge in [0.15, 0.2) is 0 Å². The largest absolute Gasteiger partial charge is 0.478 e. The summed E-state index contributed by atoms with van der Waals surface area (Å²) >= 11 is 0. The van der Waals surface area contributed by atoms with Gasteiger partial charge >= 0.3 is 23.9 Å². The Labute approximate surface area is 180 Å². The SMILES string of the molecule is CCCCC[C@H](CC1=C(C(=O)O)C(O)OC1=O)C1=C(CC(=O)CCCC)C(=O)OC1=O. The van der Waals surface area contributed by atoms with Gasteiger partial charge in [0.05, 0.1) is 16.7 Å². The molecule has 9 nitrogen and oxygen atoms in total. The highest BCUT2D eigenvalue weighted by Gasteiger charge is 2.42. The number of rotatable bonds is 13. The highest BCUT2D eigenvalue weighted by Crippen LogP contribution is 2.37. The first-order chi connectivity index (χ1) is 14.7. The van der Waals surface area contributed by atoms with Gasteiger partial charge in [-0.05, 0) is 25.2 Å². The third kappa shape index (κ3) is 5.88. The Morgan fingerprint density at radius 3 is 2.26 bits per heavy atom. The number of ketones is 1.